The van der Waals surface area contributed by atoms with Crippen molar-refractivity contribution in [1.29, 1.82) is 0 Å². The summed E-state index contributed by atoms with van der Waals surface area (Å²) >= 11 is 0. The van der Waals surface area contributed by atoms with Gasteiger partial charge in [-0.2, -0.15) is 0 Å². The van der Waals surface area contributed by atoms with Crippen LogP contribution < -0.4 is 5.32 Å². The molecule has 0 bridgehead atoms. The Kier molecular flexibility index (Phi) is 7.25. The van der Waals surface area contributed by atoms with Crippen molar-refractivity contribution in [1.82, 2.24) is 5.32 Å². The van der Waals surface area contributed by atoms with Crippen LogP contribution in [-0.2, 0) is 11.2 Å². The first-order valence-electron chi connectivity index (χ1n) is 7.78. The number of ether oxygens (including phenoxy) is 1. The maximum atomic E-state index is 5.88. The second-order valence-electron chi connectivity index (χ2n) is 6.87. The molecule has 2 heteroatoms. The molecule has 0 aliphatic heterocycles. The van der Waals surface area contributed by atoms with Crippen LogP contribution in [0, 0.1) is 5.92 Å². The highest BCUT2D eigenvalue weighted by atomic mass is 16.5. The van der Waals surface area contributed by atoms with Crippen molar-refractivity contribution in [2.75, 3.05) is 13.2 Å². The molecule has 0 amide bonds. The summed E-state index contributed by atoms with van der Waals surface area (Å²) in [6.45, 7) is 12.6. The van der Waals surface area contributed by atoms with E-state index in [1.54, 1.807) is 0 Å². The van der Waals surface area contributed by atoms with E-state index in [0.717, 1.165) is 26.0 Å². The minimum Gasteiger partial charge on any atom is -0.376 e. The van der Waals surface area contributed by atoms with Crippen LogP contribution in [0.25, 0.3) is 0 Å². The molecule has 1 rings (SSSR count). The lowest BCUT2D eigenvalue weighted by Crippen LogP contribution is -2.31. The molecule has 1 aromatic carbocycles. The Labute approximate surface area is 124 Å². The first-order valence-corrected chi connectivity index (χ1v) is 7.78. The first-order chi connectivity index (χ1) is 9.37. The lowest BCUT2D eigenvalue weighted by molar-refractivity contribution is -0.00927. The quantitative estimate of drug-likeness (QED) is 0.774. The molecule has 0 aliphatic carbocycles. The van der Waals surface area contributed by atoms with Crippen molar-refractivity contribution in [3.63, 3.8) is 0 Å². The highest BCUT2D eigenvalue weighted by molar-refractivity contribution is 5.15. The fraction of sp³-hybridized carbons (Fsp3) is 0.667. The third-order valence-electron chi connectivity index (χ3n) is 3.24. The van der Waals surface area contributed by atoms with Gasteiger partial charge in [0.1, 0.15) is 0 Å². The highest BCUT2D eigenvalue weighted by Crippen LogP contribution is 2.15. The third kappa shape index (κ3) is 8.34. The Morgan fingerprint density at radius 1 is 1.10 bits per heavy atom. The Hall–Kier alpha value is -0.860. The first kappa shape index (κ1) is 17.2. The molecular weight excluding hydrogens is 246 g/mol. The van der Waals surface area contributed by atoms with Gasteiger partial charge in [0.15, 0.2) is 0 Å². The minimum atomic E-state index is -0.0389. The van der Waals surface area contributed by atoms with Crippen molar-refractivity contribution in [3.8, 4) is 0 Å². The van der Waals surface area contributed by atoms with Crippen LogP contribution in [0.5, 0.6) is 0 Å². The zero-order valence-electron chi connectivity index (χ0n) is 13.8. The van der Waals surface area contributed by atoms with Crippen LogP contribution in [0.3, 0.4) is 0 Å². The van der Waals surface area contributed by atoms with E-state index in [9.17, 15) is 0 Å². The maximum Gasteiger partial charge on any atom is 0.0598 e. The summed E-state index contributed by atoms with van der Waals surface area (Å²) in [6.07, 6.45) is 2.22. The third-order valence-corrected chi connectivity index (χ3v) is 3.24. The van der Waals surface area contributed by atoms with Gasteiger partial charge in [-0.25, -0.2) is 0 Å². The largest absolute Gasteiger partial charge is 0.376 e. The van der Waals surface area contributed by atoms with Crippen LogP contribution in [0.1, 0.15) is 46.6 Å². The molecule has 0 radical (unpaired) electrons. The van der Waals surface area contributed by atoms with Gasteiger partial charge in [-0.3, -0.25) is 0 Å². The molecule has 2 nitrogen and oxygen atoms in total. The summed E-state index contributed by atoms with van der Waals surface area (Å²) in [5.41, 5.74) is 1.38. The normalized spacial score (nSPS) is 13.7. The molecule has 0 saturated heterocycles. The molecule has 1 unspecified atom stereocenters. The molecule has 1 N–H and O–H groups in total. The van der Waals surface area contributed by atoms with Gasteiger partial charge in [0.05, 0.1) is 5.60 Å². The smallest absolute Gasteiger partial charge is 0.0598 e. The van der Waals surface area contributed by atoms with E-state index in [-0.39, 0.29) is 5.60 Å². The zero-order chi connectivity index (χ0) is 15.0. The van der Waals surface area contributed by atoms with Crippen molar-refractivity contribution in [2.24, 2.45) is 5.92 Å². The number of hydrogen-bond donors (Lipinski definition) is 1. The number of rotatable bonds is 8. The Balaban J connectivity index is 2.47. The van der Waals surface area contributed by atoms with Gasteiger partial charge in [0.25, 0.3) is 0 Å². The van der Waals surface area contributed by atoms with E-state index in [1.165, 1.54) is 5.56 Å². The second-order valence-corrected chi connectivity index (χ2v) is 6.87. The predicted octanol–water partition coefficient (Wildman–Crippen LogP) is 4.05. The Morgan fingerprint density at radius 3 is 2.30 bits per heavy atom. The second kappa shape index (κ2) is 8.43. The average molecular weight is 277 g/mol. The van der Waals surface area contributed by atoms with Gasteiger partial charge in [-0.15, -0.1) is 0 Å². The maximum absolute atomic E-state index is 5.88. The average Bonchev–Trinajstić information content (AvgIpc) is 2.35. The van der Waals surface area contributed by atoms with E-state index < -0.39 is 0 Å². The molecule has 1 atom stereocenters. The van der Waals surface area contributed by atoms with E-state index in [0.29, 0.717) is 12.0 Å². The molecule has 0 saturated carbocycles. The van der Waals surface area contributed by atoms with Gasteiger partial charge in [0.2, 0.25) is 0 Å². The SMILES string of the molecule is CC(C)NCC(CCOC(C)(C)C)Cc1ccccc1. The summed E-state index contributed by atoms with van der Waals surface area (Å²) in [6, 6.07) is 11.3. The molecule has 0 heterocycles. The number of hydrogen-bond acceptors (Lipinski definition) is 2. The van der Waals surface area contributed by atoms with Crippen molar-refractivity contribution >= 4 is 0 Å². The van der Waals surface area contributed by atoms with Gasteiger partial charge < -0.3 is 10.1 Å². The van der Waals surface area contributed by atoms with E-state index in [2.05, 4.69) is 70.3 Å². The fourth-order valence-corrected chi connectivity index (χ4v) is 2.16. The van der Waals surface area contributed by atoms with Gasteiger partial charge in [-0.1, -0.05) is 44.2 Å². The molecule has 114 valence electrons. The summed E-state index contributed by atoms with van der Waals surface area (Å²) < 4.78 is 5.88. The van der Waals surface area contributed by atoms with E-state index in [4.69, 9.17) is 4.74 Å². The Bertz CT molecular complexity index is 353. The molecule has 0 fully saturated rings. The lowest BCUT2D eigenvalue weighted by Gasteiger charge is -2.23. The van der Waals surface area contributed by atoms with Crippen LogP contribution in [0.15, 0.2) is 30.3 Å². The van der Waals surface area contributed by atoms with Gasteiger partial charge >= 0.3 is 0 Å². The van der Waals surface area contributed by atoms with Crippen LogP contribution in [0.4, 0.5) is 0 Å². The van der Waals surface area contributed by atoms with Crippen molar-refractivity contribution in [3.05, 3.63) is 35.9 Å². The zero-order valence-corrected chi connectivity index (χ0v) is 13.8. The van der Waals surface area contributed by atoms with E-state index in [1.807, 2.05) is 0 Å². The van der Waals surface area contributed by atoms with Gasteiger partial charge in [-0.05, 0) is 51.6 Å². The highest BCUT2D eigenvalue weighted by Gasteiger charge is 2.14. The standard InChI is InChI=1S/C18H31NO/c1-15(2)19-14-17(11-12-20-18(3,4)5)13-16-9-7-6-8-10-16/h6-10,15,17,19H,11-14H2,1-5H3. The van der Waals surface area contributed by atoms with E-state index >= 15 is 0 Å². The molecule has 20 heavy (non-hydrogen) atoms. The summed E-state index contributed by atoms with van der Waals surface area (Å²) in [5, 5.41) is 3.56. The summed E-state index contributed by atoms with van der Waals surface area (Å²) in [5.74, 6) is 0.627. The summed E-state index contributed by atoms with van der Waals surface area (Å²) in [4.78, 5) is 0. The molecule has 0 aromatic heterocycles. The van der Waals surface area contributed by atoms with Crippen LogP contribution >= 0.6 is 0 Å². The van der Waals surface area contributed by atoms with Gasteiger partial charge in [0, 0.05) is 12.6 Å². The monoisotopic (exact) mass is 277 g/mol. The van der Waals surface area contributed by atoms with Crippen LogP contribution in [0.2, 0.25) is 0 Å². The lowest BCUT2D eigenvalue weighted by atomic mass is 9.96. The van der Waals surface area contributed by atoms with Crippen LogP contribution in [-0.4, -0.2) is 24.8 Å². The number of benzene rings is 1. The molecule has 0 aliphatic rings. The predicted molar refractivity (Wildman–Crippen MR) is 87.1 cm³/mol. The number of nitrogens with one attached hydrogen (secondary N) is 1. The molecule has 1 aromatic rings. The Morgan fingerprint density at radius 2 is 1.75 bits per heavy atom. The molecular formula is C18H31NO. The molecule has 0 spiro atoms. The topological polar surface area (TPSA) is 21.3 Å². The fourth-order valence-electron chi connectivity index (χ4n) is 2.16. The minimum absolute atomic E-state index is 0.0389. The van der Waals surface area contributed by atoms with Crippen molar-refractivity contribution < 1.29 is 4.74 Å². The summed E-state index contributed by atoms with van der Waals surface area (Å²) in [7, 11) is 0. The van der Waals surface area contributed by atoms with Crippen molar-refractivity contribution in [2.45, 2.75) is 59.1 Å².